The molecule has 2 aromatic carbocycles. The second-order valence-corrected chi connectivity index (χ2v) is 7.04. The van der Waals surface area contributed by atoms with Gasteiger partial charge in [0.1, 0.15) is 5.75 Å². The van der Waals surface area contributed by atoms with Crippen LogP contribution in [0, 0.1) is 0 Å². The van der Waals surface area contributed by atoms with E-state index in [4.69, 9.17) is 4.74 Å². The summed E-state index contributed by atoms with van der Waals surface area (Å²) in [5.41, 5.74) is 2.09. The van der Waals surface area contributed by atoms with Gasteiger partial charge in [-0.3, -0.25) is 14.4 Å². The summed E-state index contributed by atoms with van der Waals surface area (Å²) >= 11 is 0. The minimum absolute atomic E-state index is 0.0649. The van der Waals surface area contributed by atoms with Crippen LogP contribution in [0.25, 0.3) is 0 Å². The Labute approximate surface area is 157 Å². The van der Waals surface area contributed by atoms with Gasteiger partial charge in [-0.05, 0) is 49.7 Å². The average Bonchev–Trinajstić information content (AvgIpc) is 2.89. The molecule has 0 radical (unpaired) electrons. The van der Waals surface area contributed by atoms with Crippen LogP contribution in [0.3, 0.4) is 0 Å². The number of carbonyl (C=O) groups is 3. The number of ether oxygens (including phenoxy) is 1. The number of benzene rings is 2. The molecule has 1 aliphatic heterocycles. The molecule has 2 N–H and O–H groups in total. The fourth-order valence-electron chi connectivity index (χ4n) is 3.04. The van der Waals surface area contributed by atoms with Crippen LogP contribution in [0.1, 0.15) is 42.6 Å². The van der Waals surface area contributed by atoms with Gasteiger partial charge in [0.25, 0.3) is 0 Å². The first-order valence-corrected chi connectivity index (χ1v) is 8.74. The van der Waals surface area contributed by atoms with Crippen molar-refractivity contribution >= 4 is 29.0 Å². The van der Waals surface area contributed by atoms with Crippen LogP contribution in [0.5, 0.6) is 5.75 Å². The number of Topliss-reactive ketones (excluding diaryl/α,β-unsaturated/α-hetero) is 1. The molecule has 2 amide bonds. The first kappa shape index (κ1) is 18.6. The number of carbonyl (C=O) groups excluding carboxylic acids is 3. The van der Waals surface area contributed by atoms with Gasteiger partial charge in [0.05, 0.1) is 12.5 Å². The summed E-state index contributed by atoms with van der Waals surface area (Å²) in [7, 11) is 1.54. The van der Waals surface area contributed by atoms with Gasteiger partial charge in [-0.2, -0.15) is 0 Å². The highest BCUT2D eigenvalue weighted by Gasteiger charge is 2.38. The monoisotopic (exact) mass is 366 g/mol. The average molecular weight is 366 g/mol. The molecule has 0 atom stereocenters. The Hall–Kier alpha value is -3.15. The van der Waals surface area contributed by atoms with E-state index in [1.54, 1.807) is 42.5 Å². The smallest absolute Gasteiger partial charge is 0.234 e. The Bertz CT molecular complexity index is 918. The maximum atomic E-state index is 12.3. The lowest BCUT2D eigenvalue weighted by Crippen LogP contribution is -2.26. The van der Waals surface area contributed by atoms with Crippen LogP contribution >= 0.6 is 0 Å². The van der Waals surface area contributed by atoms with Gasteiger partial charge in [0.2, 0.25) is 11.8 Å². The molecule has 1 aliphatic rings. The van der Waals surface area contributed by atoms with E-state index in [1.165, 1.54) is 7.11 Å². The molecule has 140 valence electrons. The molecule has 6 heteroatoms. The van der Waals surface area contributed by atoms with Crippen molar-refractivity contribution in [3.8, 4) is 5.75 Å². The molecule has 1 heterocycles. The van der Waals surface area contributed by atoms with Crippen LogP contribution in [-0.2, 0) is 15.0 Å². The van der Waals surface area contributed by atoms with Crippen LogP contribution in [0.4, 0.5) is 11.4 Å². The summed E-state index contributed by atoms with van der Waals surface area (Å²) in [5.74, 6) is 0.175. The van der Waals surface area contributed by atoms with E-state index < -0.39 is 5.41 Å². The van der Waals surface area contributed by atoms with E-state index in [0.717, 1.165) is 11.3 Å². The van der Waals surface area contributed by atoms with Crippen molar-refractivity contribution in [2.45, 2.75) is 32.1 Å². The molecule has 0 aromatic heterocycles. The Morgan fingerprint density at radius 1 is 1.11 bits per heavy atom. The number of anilines is 2. The second-order valence-electron chi connectivity index (χ2n) is 7.04. The third kappa shape index (κ3) is 3.84. The Morgan fingerprint density at radius 3 is 2.63 bits per heavy atom. The standard InChI is InChI=1S/C21H22N2O4/c1-21(2)16-12-14(7-8-17(16)23-20(21)26)22-19(25)10-9-18(24)13-5-4-6-15(11-13)27-3/h4-8,11-12H,9-10H2,1-3H3,(H,22,25)(H,23,26). The molecule has 2 aromatic rings. The van der Waals surface area contributed by atoms with Gasteiger partial charge in [-0.1, -0.05) is 12.1 Å². The van der Waals surface area contributed by atoms with Crippen molar-refractivity contribution in [1.82, 2.24) is 0 Å². The highest BCUT2D eigenvalue weighted by atomic mass is 16.5. The molecule has 27 heavy (non-hydrogen) atoms. The van der Waals surface area contributed by atoms with E-state index >= 15 is 0 Å². The summed E-state index contributed by atoms with van der Waals surface area (Å²) in [4.78, 5) is 36.5. The summed E-state index contributed by atoms with van der Waals surface area (Å²) in [5, 5.41) is 5.63. The number of hydrogen-bond donors (Lipinski definition) is 2. The van der Waals surface area contributed by atoms with E-state index in [0.29, 0.717) is 17.0 Å². The lowest BCUT2D eigenvalue weighted by molar-refractivity contribution is -0.119. The van der Waals surface area contributed by atoms with Gasteiger partial charge in [0.15, 0.2) is 5.78 Å². The van der Waals surface area contributed by atoms with Crippen molar-refractivity contribution in [1.29, 1.82) is 0 Å². The molecular formula is C21H22N2O4. The Balaban J connectivity index is 1.61. The zero-order valence-electron chi connectivity index (χ0n) is 15.6. The Kier molecular flexibility index (Phi) is 4.99. The molecule has 3 rings (SSSR count). The van der Waals surface area contributed by atoms with Crippen LogP contribution in [0.2, 0.25) is 0 Å². The minimum atomic E-state index is -0.640. The fraction of sp³-hybridized carbons (Fsp3) is 0.286. The van der Waals surface area contributed by atoms with Crippen molar-refractivity contribution in [3.63, 3.8) is 0 Å². The van der Waals surface area contributed by atoms with E-state index in [1.807, 2.05) is 13.8 Å². The Morgan fingerprint density at radius 2 is 1.89 bits per heavy atom. The predicted molar refractivity (Wildman–Crippen MR) is 103 cm³/mol. The van der Waals surface area contributed by atoms with Crippen molar-refractivity contribution in [2.24, 2.45) is 0 Å². The van der Waals surface area contributed by atoms with Crippen molar-refractivity contribution in [2.75, 3.05) is 17.7 Å². The lowest BCUT2D eigenvalue weighted by atomic mass is 9.86. The van der Waals surface area contributed by atoms with E-state index in [2.05, 4.69) is 10.6 Å². The van der Waals surface area contributed by atoms with Crippen LogP contribution in [0.15, 0.2) is 42.5 Å². The maximum absolute atomic E-state index is 12.3. The number of nitrogens with one attached hydrogen (secondary N) is 2. The molecule has 0 bridgehead atoms. The molecule has 0 saturated heterocycles. The number of methoxy groups -OCH3 is 1. The SMILES string of the molecule is COc1cccc(C(=O)CCC(=O)Nc2ccc3c(c2)C(C)(C)C(=O)N3)c1. The summed E-state index contributed by atoms with van der Waals surface area (Å²) in [6, 6.07) is 12.2. The number of ketones is 1. The van der Waals surface area contributed by atoms with Crippen LogP contribution in [-0.4, -0.2) is 24.7 Å². The number of hydrogen-bond acceptors (Lipinski definition) is 4. The van der Waals surface area contributed by atoms with Gasteiger partial charge < -0.3 is 15.4 Å². The molecule has 0 saturated carbocycles. The fourth-order valence-corrected chi connectivity index (χ4v) is 3.04. The van der Waals surface area contributed by atoms with Gasteiger partial charge >= 0.3 is 0 Å². The summed E-state index contributed by atoms with van der Waals surface area (Å²) in [6.07, 6.45) is 0.184. The van der Waals surface area contributed by atoms with Crippen molar-refractivity contribution < 1.29 is 19.1 Å². The molecule has 0 fully saturated rings. The highest BCUT2D eigenvalue weighted by molar-refractivity contribution is 6.06. The predicted octanol–water partition coefficient (Wildman–Crippen LogP) is 3.53. The first-order chi connectivity index (χ1) is 12.8. The number of rotatable bonds is 6. The first-order valence-electron chi connectivity index (χ1n) is 8.74. The second kappa shape index (κ2) is 7.23. The summed E-state index contributed by atoms with van der Waals surface area (Å²) in [6.45, 7) is 3.68. The normalized spacial score (nSPS) is 14.3. The minimum Gasteiger partial charge on any atom is -0.497 e. The number of amides is 2. The third-order valence-corrected chi connectivity index (χ3v) is 4.76. The van der Waals surface area contributed by atoms with Gasteiger partial charge in [-0.25, -0.2) is 0 Å². The molecule has 6 nitrogen and oxygen atoms in total. The number of fused-ring (bicyclic) bond motifs is 1. The van der Waals surface area contributed by atoms with E-state index in [9.17, 15) is 14.4 Å². The topological polar surface area (TPSA) is 84.5 Å². The van der Waals surface area contributed by atoms with E-state index in [-0.39, 0.29) is 30.4 Å². The molecular weight excluding hydrogens is 344 g/mol. The molecule has 0 unspecified atom stereocenters. The quantitative estimate of drug-likeness (QED) is 0.766. The van der Waals surface area contributed by atoms with Gasteiger partial charge in [0, 0.05) is 29.8 Å². The third-order valence-electron chi connectivity index (χ3n) is 4.76. The molecule has 0 aliphatic carbocycles. The maximum Gasteiger partial charge on any atom is 0.234 e. The van der Waals surface area contributed by atoms with Crippen molar-refractivity contribution in [3.05, 3.63) is 53.6 Å². The molecule has 0 spiro atoms. The lowest BCUT2D eigenvalue weighted by Gasteiger charge is -2.16. The largest absolute Gasteiger partial charge is 0.497 e. The van der Waals surface area contributed by atoms with Gasteiger partial charge in [-0.15, -0.1) is 0 Å². The summed E-state index contributed by atoms with van der Waals surface area (Å²) < 4.78 is 5.11. The highest BCUT2D eigenvalue weighted by Crippen LogP contribution is 2.38. The van der Waals surface area contributed by atoms with Crippen LogP contribution < -0.4 is 15.4 Å². The zero-order chi connectivity index (χ0) is 19.6. The zero-order valence-corrected chi connectivity index (χ0v) is 15.6.